The van der Waals surface area contributed by atoms with Crippen molar-refractivity contribution in [2.24, 2.45) is 0 Å². The van der Waals surface area contributed by atoms with Gasteiger partial charge in [-0.25, -0.2) is 13.4 Å². The minimum Gasteiger partial charge on any atom is -0.472 e. The van der Waals surface area contributed by atoms with Crippen molar-refractivity contribution in [3.05, 3.63) is 48.2 Å². The topological polar surface area (TPSA) is 77.5 Å². The zero-order valence-corrected chi connectivity index (χ0v) is 14.9. The number of alkyl halides is 3. The molecule has 1 aliphatic rings. The Labute approximate surface area is 154 Å². The average Bonchev–Trinajstić information content (AvgIpc) is 3.12. The van der Waals surface area contributed by atoms with Crippen LogP contribution in [0, 0.1) is 0 Å². The normalized spacial score (nSPS) is 17.7. The van der Waals surface area contributed by atoms with Crippen molar-refractivity contribution in [1.82, 2.24) is 4.98 Å². The number of hydrogen-bond acceptors (Lipinski definition) is 6. The number of anilines is 1. The van der Waals surface area contributed by atoms with Gasteiger partial charge in [-0.1, -0.05) is 12.1 Å². The highest BCUT2D eigenvalue weighted by atomic mass is 32.2. The molecule has 3 rings (SSSR count). The van der Waals surface area contributed by atoms with Gasteiger partial charge in [0.15, 0.2) is 0 Å². The summed E-state index contributed by atoms with van der Waals surface area (Å²) in [5.41, 5.74) is -4.82. The fraction of sp³-hybridized carbons (Fsp3) is 0.353. The number of halogens is 3. The third-order valence-electron chi connectivity index (χ3n) is 3.94. The molecule has 0 saturated carbocycles. The van der Waals surface area contributed by atoms with Crippen molar-refractivity contribution in [1.29, 1.82) is 0 Å². The van der Waals surface area contributed by atoms with Crippen LogP contribution in [0.25, 0.3) is 0 Å². The molecule has 0 spiro atoms. The van der Waals surface area contributed by atoms with Gasteiger partial charge < -0.3 is 14.8 Å². The number of hydrogen-bond donors (Lipinski definition) is 1. The second-order valence-electron chi connectivity index (χ2n) is 5.90. The summed E-state index contributed by atoms with van der Waals surface area (Å²) in [6, 6.07) is 8.21. The summed E-state index contributed by atoms with van der Waals surface area (Å²) >= 11 is 0. The van der Waals surface area contributed by atoms with E-state index >= 15 is 0 Å². The van der Waals surface area contributed by atoms with Crippen LogP contribution < -0.4 is 10.1 Å². The van der Waals surface area contributed by atoms with E-state index in [-0.39, 0.29) is 18.3 Å². The number of nitrogens with one attached hydrogen (secondary N) is 1. The van der Waals surface area contributed by atoms with Crippen LogP contribution >= 0.6 is 0 Å². The van der Waals surface area contributed by atoms with Crippen molar-refractivity contribution in [2.45, 2.75) is 29.5 Å². The smallest absolute Gasteiger partial charge is 0.472 e. The predicted molar refractivity (Wildman–Crippen MR) is 91.1 cm³/mol. The molecule has 27 heavy (non-hydrogen) atoms. The second kappa shape index (κ2) is 7.73. The van der Waals surface area contributed by atoms with Crippen molar-refractivity contribution in [3.63, 3.8) is 0 Å². The minimum absolute atomic E-state index is 0.0848. The van der Waals surface area contributed by atoms with Crippen molar-refractivity contribution >= 4 is 15.5 Å². The fourth-order valence-electron chi connectivity index (χ4n) is 2.57. The first kappa shape index (κ1) is 19.4. The van der Waals surface area contributed by atoms with E-state index in [9.17, 15) is 21.6 Å². The van der Waals surface area contributed by atoms with Crippen LogP contribution in [0.3, 0.4) is 0 Å². The van der Waals surface area contributed by atoms with E-state index in [1.165, 1.54) is 24.4 Å². The summed E-state index contributed by atoms with van der Waals surface area (Å²) in [6.07, 6.45) is 2.19. The maximum atomic E-state index is 12.9. The Kier molecular flexibility index (Phi) is 5.56. The molecule has 0 aliphatic carbocycles. The highest BCUT2D eigenvalue weighted by molar-refractivity contribution is 7.92. The van der Waals surface area contributed by atoms with Gasteiger partial charge >= 0.3 is 5.51 Å². The fourth-order valence-corrected chi connectivity index (χ4v) is 3.51. The van der Waals surface area contributed by atoms with Gasteiger partial charge in [0.1, 0.15) is 6.10 Å². The van der Waals surface area contributed by atoms with Crippen molar-refractivity contribution in [3.8, 4) is 5.88 Å². The Morgan fingerprint density at radius 2 is 2.04 bits per heavy atom. The molecule has 2 heterocycles. The first-order valence-electron chi connectivity index (χ1n) is 8.11. The molecule has 1 aromatic heterocycles. The molecular formula is C17H17F3N2O4S. The van der Waals surface area contributed by atoms with E-state index in [0.29, 0.717) is 24.7 Å². The molecular weight excluding hydrogens is 385 g/mol. The van der Waals surface area contributed by atoms with Crippen LogP contribution in [-0.2, 0) is 21.1 Å². The van der Waals surface area contributed by atoms with E-state index in [4.69, 9.17) is 9.47 Å². The molecule has 1 aliphatic heterocycles. The van der Waals surface area contributed by atoms with Crippen molar-refractivity contribution < 1.29 is 31.1 Å². The Morgan fingerprint density at radius 3 is 2.74 bits per heavy atom. The molecule has 6 nitrogen and oxygen atoms in total. The maximum Gasteiger partial charge on any atom is 0.501 e. The summed E-state index contributed by atoms with van der Waals surface area (Å²) in [4.78, 5) is 3.28. The van der Waals surface area contributed by atoms with E-state index in [0.717, 1.165) is 12.5 Å². The van der Waals surface area contributed by atoms with Gasteiger partial charge in [0, 0.05) is 25.2 Å². The molecule has 10 heteroatoms. The van der Waals surface area contributed by atoms with Crippen LogP contribution in [0.4, 0.5) is 18.9 Å². The number of aromatic nitrogens is 1. The minimum atomic E-state index is -5.45. The summed E-state index contributed by atoms with van der Waals surface area (Å²) in [6.45, 7) is 1.20. The summed E-state index contributed by atoms with van der Waals surface area (Å²) in [7, 11) is -5.45. The molecule has 0 radical (unpaired) electrons. The molecule has 1 unspecified atom stereocenters. The SMILES string of the molecule is O=S(=O)(c1ccccc1NCc1ccnc(OC2CCOC2)c1)C(F)(F)F. The van der Waals surface area contributed by atoms with E-state index in [2.05, 4.69) is 10.3 Å². The van der Waals surface area contributed by atoms with Gasteiger partial charge in [0.25, 0.3) is 9.84 Å². The zero-order valence-electron chi connectivity index (χ0n) is 14.1. The predicted octanol–water partition coefficient (Wildman–Crippen LogP) is 3.15. The Balaban J connectivity index is 1.74. The van der Waals surface area contributed by atoms with Crippen LogP contribution in [0.2, 0.25) is 0 Å². The lowest BCUT2D eigenvalue weighted by molar-refractivity contribution is -0.0435. The maximum absolute atomic E-state index is 12.9. The van der Waals surface area contributed by atoms with Gasteiger partial charge in [0.05, 0.1) is 23.8 Å². The number of para-hydroxylation sites is 1. The average molecular weight is 402 g/mol. The first-order chi connectivity index (χ1) is 12.8. The Morgan fingerprint density at radius 1 is 1.26 bits per heavy atom. The molecule has 0 bridgehead atoms. The molecule has 2 aromatic rings. The van der Waals surface area contributed by atoms with Crippen LogP contribution in [0.15, 0.2) is 47.5 Å². The van der Waals surface area contributed by atoms with E-state index in [1.807, 2.05) is 0 Å². The quantitative estimate of drug-likeness (QED) is 0.800. The summed E-state index contributed by atoms with van der Waals surface area (Å²) < 4.78 is 72.9. The molecule has 1 N–H and O–H groups in total. The lowest BCUT2D eigenvalue weighted by Gasteiger charge is -2.15. The van der Waals surface area contributed by atoms with Gasteiger partial charge in [-0.05, 0) is 23.8 Å². The Hall–Kier alpha value is -2.33. The van der Waals surface area contributed by atoms with Crippen molar-refractivity contribution in [2.75, 3.05) is 18.5 Å². The molecule has 146 valence electrons. The third-order valence-corrected chi connectivity index (χ3v) is 5.48. The van der Waals surface area contributed by atoms with Gasteiger partial charge in [0.2, 0.25) is 5.88 Å². The van der Waals surface area contributed by atoms with Gasteiger partial charge in [-0.15, -0.1) is 0 Å². The molecule has 0 amide bonds. The van der Waals surface area contributed by atoms with E-state index in [1.54, 1.807) is 12.1 Å². The van der Waals surface area contributed by atoms with E-state index < -0.39 is 20.2 Å². The number of ether oxygens (including phenoxy) is 2. The highest BCUT2D eigenvalue weighted by Crippen LogP contribution is 2.34. The third kappa shape index (κ3) is 4.51. The van der Waals surface area contributed by atoms with Gasteiger partial charge in [-0.2, -0.15) is 13.2 Å². The number of sulfone groups is 1. The monoisotopic (exact) mass is 402 g/mol. The number of pyridine rings is 1. The Bertz CT molecular complexity index is 897. The number of nitrogens with zero attached hydrogens (tertiary/aromatic N) is 1. The van der Waals surface area contributed by atoms with Crippen LogP contribution in [-0.4, -0.2) is 38.2 Å². The molecule has 1 fully saturated rings. The molecule has 1 aromatic carbocycles. The zero-order chi connectivity index (χ0) is 19.5. The standard InChI is InChI=1S/C17H17F3N2O4S/c18-17(19,20)27(23,24)15-4-2-1-3-14(15)22-10-12-5-7-21-16(9-12)26-13-6-8-25-11-13/h1-5,7,9,13,22H,6,8,10-11H2. The highest BCUT2D eigenvalue weighted by Gasteiger charge is 2.47. The molecule has 1 atom stereocenters. The lowest BCUT2D eigenvalue weighted by atomic mass is 10.2. The van der Waals surface area contributed by atoms with Crippen LogP contribution in [0.5, 0.6) is 5.88 Å². The first-order valence-corrected chi connectivity index (χ1v) is 9.59. The molecule has 1 saturated heterocycles. The van der Waals surface area contributed by atoms with Crippen LogP contribution in [0.1, 0.15) is 12.0 Å². The number of rotatable bonds is 6. The number of benzene rings is 1. The second-order valence-corrected chi connectivity index (χ2v) is 7.81. The largest absolute Gasteiger partial charge is 0.501 e. The lowest BCUT2D eigenvalue weighted by Crippen LogP contribution is -2.24. The van der Waals surface area contributed by atoms with Gasteiger partial charge in [-0.3, -0.25) is 0 Å². The summed E-state index contributed by atoms with van der Waals surface area (Å²) in [5.74, 6) is 0.376. The summed E-state index contributed by atoms with van der Waals surface area (Å²) in [5, 5.41) is 2.74.